The molecule has 0 aliphatic rings. The number of benzene rings is 1. The van der Waals surface area contributed by atoms with E-state index in [-0.39, 0.29) is 0 Å². The molecule has 1 amide bonds. The lowest BCUT2D eigenvalue weighted by Crippen LogP contribution is -2.29. The van der Waals surface area contributed by atoms with Gasteiger partial charge in [0.25, 0.3) is 11.5 Å². The van der Waals surface area contributed by atoms with E-state index in [1.54, 1.807) is 4.98 Å². The van der Waals surface area contributed by atoms with Crippen molar-refractivity contribution in [3.8, 4) is 0 Å². The van der Waals surface area contributed by atoms with Gasteiger partial charge in [0.05, 0.1) is 0 Å². The summed E-state index contributed by atoms with van der Waals surface area (Å²) in [5.41, 5.74) is -3.04. The average molecular weight is 325 g/mol. The minimum Gasteiger partial charge on any atom is -0.452 e. The van der Waals surface area contributed by atoms with Crippen molar-refractivity contribution in [2.45, 2.75) is 0 Å². The zero-order valence-corrected chi connectivity index (χ0v) is 11.3. The number of H-pyrrole nitrogens is 2. The summed E-state index contributed by atoms with van der Waals surface area (Å²) in [4.78, 5) is 49.1. The fraction of sp³-hybridized carbons (Fsp3) is 0.0769. The summed E-state index contributed by atoms with van der Waals surface area (Å²) in [6.07, 6.45) is 0.817. The number of halogens is 2. The van der Waals surface area contributed by atoms with Crippen molar-refractivity contribution in [1.82, 2.24) is 9.97 Å². The molecule has 0 radical (unpaired) electrons. The molecule has 0 fully saturated rings. The number of anilines is 1. The zero-order valence-electron chi connectivity index (χ0n) is 11.3. The molecule has 2 aromatic rings. The predicted octanol–water partition coefficient (Wildman–Crippen LogP) is 0.137. The van der Waals surface area contributed by atoms with Gasteiger partial charge in [0.2, 0.25) is 0 Å². The molecule has 0 aliphatic carbocycles. The van der Waals surface area contributed by atoms with Crippen molar-refractivity contribution >= 4 is 17.6 Å². The van der Waals surface area contributed by atoms with Gasteiger partial charge < -0.3 is 15.0 Å². The van der Waals surface area contributed by atoms with Crippen molar-refractivity contribution in [3.05, 3.63) is 62.4 Å². The Kier molecular flexibility index (Phi) is 4.64. The Labute approximate surface area is 126 Å². The first kappa shape index (κ1) is 16.1. The van der Waals surface area contributed by atoms with Crippen LogP contribution in [-0.4, -0.2) is 28.5 Å². The lowest BCUT2D eigenvalue weighted by molar-refractivity contribution is -0.119. The minimum absolute atomic E-state index is 0.533. The Morgan fingerprint density at radius 2 is 1.83 bits per heavy atom. The van der Waals surface area contributed by atoms with Crippen molar-refractivity contribution < 1.29 is 23.1 Å². The summed E-state index contributed by atoms with van der Waals surface area (Å²) in [5, 5.41) is 1.90. The van der Waals surface area contributed by atoms with Crippen molar-refractivity contribution in [2.75, 3.05) is 11.9 Å². The molecule has 0 saturated heterocycles. The Morgan fingerprint density at radius 1 is 1.17 bits per heavy atom. The summed E-state index contributed by atoms with van der Waals surface area (Å²) in [5.74, 6) is -4.20. The first-order valence-electron chi connectivity index (χ1n) is 6.11. The molecule has 0 unspecified atom stereocenters. The number of para-hydroxylation sites is 1. The van der Waals surface area contributed by atoms with E-state index >= 15 is 0 Å². The molecule has 3 N–H and O–H groups in total. The summed E-state index contributed by atoms with van der Waals surface area (Å²) < 4.78 is 31.2. The number of carbonyl (C=O) groups is 2. The highest BCUT2D eigenvalue weighted by Gasteiger charge is 2.16. The molecule has 23 heavy (non-hydrogen) atoms. The topological polar surface area (TPSA) is 121 Å². The van der Waals surface area contributed by atoms with Gasteiger partial charge in [-0.15, -0.1) is 0 Å². The molecule has 0 spiro atoms. The molecule has 0 bridgehead atoms. The number of amides is 1. The van der Waals surface area contributed by atoms with E-state index in [2.05, 4.69) is 9.72 Å². The number of ether oxygens (including phenoxy) is 1. The SMILES string of the molecule is O=C(COC(=O)c1c[nH]c(=O)[nH]c1=O)Nc1c(F)cccc1F. The van der Waals surface area contributed by atoms with Crippen molar-refractivity contribution in [3.63, 3.8) is 0 Å². The first-order valence-corrected chi connectivity index (χ1v) is 6.11. The highest BCUT2D eigenvalue weighted by Crippen LogP contribution is 2.17. The Bertz CT molecular complexity index is 854. The standard InChI is InChI=1S/C13H9F2N3O5/c14-7-2-1-3-8(15)10(7)17-9(19)5-23-12(21)6-4-16-13(22)18-11(6)20/h1-4H,5H2,(H,17,19)(H2,16,18,20,22). The van der Waals surface area contributed by atoms with Crippen LogP contribution in [0.2, 0.25) is 0 Å². The maximum atomic E-state index is 13.3. The van der Waals surface area contributed by atoms with Crippen LogP contribution < -0.4 is 16.6 Å². The van der Waals surface area contributed by atoms with Gasteiger partial charge in [0.1, 0.15) is 22.9 Å². The maximum Gasteiger partial charge on any atom is 0.345 e. The van der Waals surface area contributed by atoms with Gasteiger partial charge in [0.15, 0.2) is 6.61 Å². The number of rotatable bonds is 4. The van der Waals surface area contributed by atoms with Gasteiger partial charge in [-0.1, -0.05) is 6.07 Å². The van der Waals surface area contributed by atoms with E-state index in [9.17, 15) is 28.0 Å². The minimum atomic E-state index is -1.19. The molecule has 2 rings (SSSR count). The highest BCUT2D eigenvalue weighted by atomic mass is 19.1. The number of aromatic nitrogens is 2. The molecule has 1 aromatic carbocycles. The van der Waals surface area contributed by atoms with Crippen LogP contribution in [0.3, 0.4) is 0 Å². The highest BCUT2D eigenvalue weighted by molar-refractivity contribution is 5.95. The summed E-state index contributed by atoms with van der Waals surface area (Å²) >= 11 is 0. The van der Waals surface area contributed by atoms with Gasteiger partial charge in [0, 0.05) is 6.20 Å². The number of carbonyl (C=O) groups excluding carboxylic acids is 2. The molecule has 0 aliphatic heterocycles. The molecule has 1 heterocycles. The third-order valence-electron chi connectivity index (χ3n) is 2.60. The second-order valence-corrected chi connectivity index (χ2v) is 4.21. The molecule has 0 saturated carbocycles. The largest absolute Gasteiger partial charge is 0.452 e. The monoisotopic (exact) mass is 325 g/mol. The second kappa shape index (κ2) is 6.64. The summed E-state index contributed by atoms with van der Waals surface area (Å²) in [7, 11) is 0. The summed E-state index contributed by atoms with van der Waals surface area (Å²) in [6.45, 7) is -0.884. The van der Waals surface area contributed by atoms with E-state index in [1.165, 1.54) is 0 Å². The number of hydrogen-bond acceptors (Lipinski definition) is 5. The number of nitrogens with one attached hydrogen (secondary N) is 3. The van der Waals surface area contributed by atoms with Crippen LogP contribution in [0.25, 0.3) is 0 Å². The van der Waals surface area contributed by atoms with E-state index < -0.39 is 52.6 Å². The first-order chi connectivity index (χ1) is 10.9. The summed E-state index contributed by atoms with van der Waals surface area (Å²) in [6, 6.07) is 2.98. The normalized spacial score (nSPS) is 10.2. The van der Waals surface area contributed by atoms with E-state index in [1.807, 2.05) is 5.32 Å². The molecule has 120 valence electrons. The van der Waals surface area contributed by atoms with Crippen LogP contribution in [-0.2, 0) is 9.53 Å². The zero-order chi connectivity index (χ0) is 17.0. The van der Waals surface area contributed by atoms with Gasteiger partial charge in [-0.25, -0.2) is 18.4 Å². The molecular weight excluding hydrogens is 316 g/mol. The predicted molar refractivity (Wildman–Crippen MR) is 73.0 cm³/mol. The molecule has 0 atom stereocenters. The number of aromatic amines is 2. The molecule has 8 nitrogen and oxygen atoms in total. The molecule has 10 heteroatoms. The number of hydrogen-bond donors (Lipinski definition) is 3. The smallest absolute Gasteiger partial charge is 0.345 e. The van der Waals surface area contributed by atoms with Crippen LogP contribution in [0.5, 0.6) is 0 Å². The quantitative estimate of drug-likeness (QED) is 0.690. The second-order valence-electron chi connectivity index (χ2n) is 4.21. The third kappa shape index (κ3) is 3.87. The Balaban J connectivity index is 2.00. The molecule has 1 aromatic heterocycles. The Hall–Kier alpha value is -3.30. The average Bonchev–Trinajstić information content (AvgIpc) is 2.49. The van der Waals surface area contributed by atoms with Crippen LogP contribution in [0, 0.1) is 11.6 Å². The van der Waals surface area contributed by atoms with Crippen LogP contribution in [0.15, 0.2) is 34.0 Å². The fourth-order valence-electron chi connectivity index (χ4n) is 1.56. The van der Waals surface area contributed by atoms with Crippen molar-refractivity contribution in [2.24, 2.45) is 0 Å². The third-order valence-corrected chi connectivity index (χ3v) is 2.60. The van der Waals surface area contributed by atoms with Gasteiger partial charge in [-0.2, -0.15) is 0 Å². The van der Waals surface area contributed by atoms with Gasteiger partial charge in [-0.3, -0.25) is 14.6 Å². The van der Waals surface area contributed by atoms with Crippen LogP contribution >= 0.6 is 0 Å². The number of esters is 1. The van der Waals surface area contributed by atoms with E-state index in [0.29, 0.717) is 0 Å². The van der Waals surface area contributed by atoms with Crippen molar-refractivity contribution in [1.29, 1.82) is 0 Å². The van der Waals surface area contributed by atoms with Crippen LogP contribution in [0.1, 0.15) is 10.4 Å². The van der Waals surface area contributed by atoms with E-state index in [0.717, 1.165) is 24.4 Å². The lowest BCUT2D eigenvalue weighted by atomic mass is 10.3. The van der Waals surface area contributed by atoms with Crippen LogP contribution in [0.4, 0.5) is 14.5 Å². The van der Waals surface area contributed by atoms with E-state index in [4.69, 9.17) is 0 Å². The lowest BCUT2D eigenvalue weighted by Gasteiger charge is -2.08. The molecular formula is C13H9F2N3O5. The Morgan fingerprint density at radius 3 is 2.43 bits per heavy atom. The fourth-order valence-corrected chi connectivity index (χ4v) is 1.56. The van der Waals surface area contributed by atoms with Gasteiger partial charge in [-0.05, 0) is 12.1 Å². The van der Waals surface area contributed by atoms with Gasteiger partial charge >= 0.3 is 11.7 Å². The maximum absolute atomic E-state index is 13.3.